The Hall–Kier alpha value is -1.88. The molecule has 22 heavy (non-hydrogen) atoms. The molecule has 0 radical (unpaired) electrons. The van der Waals surface area contributed by atoms with E-state index in [1.807, 2.05) is 33.2 Å². The molecular formula is C17H26N4S. The van der Waals surface area contributed by atoms with Crippen LogP contribution in [0, 0.1) is 5.92 Å². The van der Waals surface area contributed by atoms with Gasteiger partial charge in [0, 0.05) is 26.3 Å². The second-order valence-electron chi connectivity index (χ2n) is 5.79. The fourth-order valence-corrected chi connectivity index (χ4v) is 1.74. The summed E-state index contributed by atoms with van der Waals surface area (Å²) in [6.07, 6.45) is 3.99. The first-order valence-electron chi connectivity index (χ1n) is 7.42. The van der Waals surface area contributed by atoms with Crippen LogP contribution in [0.3, 0.4) is 0 Å². The van der Waals surface area contributed by atoms with E-state index in [1.54, 1.807) is 0 Å². The molecule has 0 amide bonds. The van der Waals surface area contributed by atoms with E-state index in [0.29, 0.717) is 11.0 Å². The molecule has 0 bridgehead atoms. The molecule has 0 spiro atoms. The Morgan fingerprint density at radius 1 is 1.27 bits per heavy atom. The van der Waals surface area contributed by atoms with Gasteiger partial charge in [0.1, 0.15) is 0 Å². The summed E-state index contributed by atoms with van der Waals surface area (Å²) in [7, 11) is 4.06. The number of allylic oxidation sites excluding steroid dienone is 1. The van der Waals surface area contributed by atoms with Crippen LogP contribution < -0.4 is 15.6 Å². The van der Waals surface area contributed by atoms with Crippen LogP contribution >= 0.6 is 12.2 Å². The van der Waals surface area contributed by atoms with E-state index in [1.165, 1.54) is 5.69 Å². The highest BCUT2D eigenvalue weighted by atomic mass is 32.1. The van der Waals surface area contributed by atoms with E-state index in [9.17, 15) is 0 Å². The van der Waals surface area contributed by atoms with Crippen molar-refractivity contribution >= 4 is 34.8 Å². The molecule has 0 aliphatic carbocycles. The smallest absolute Gasteiger partial charge is 0.186 e. The van der Waals surface area contributed by atoms with Gasteiger partial charge in [-0.05, 0) is 48.8 Å². The summed E-state index contributed by atoms with van der Waals surface area (Å²) in [5.41, 5.74) is 6.04. The first kappa shape index (κ1) is 18.2. The van der Waals surface area contributed by atoms with Gasteiger partial charge in [0.05, 0.1) is 5.71 Å². The van der Waals surface area contributed by atoms with Crippen molar-refractivity contribution in [1.82, 2.24) is 10.7 Å². The molecule has 0 atom stereocenters. The van der Waals surface area contributed by atoms with Crippen molar-refractivity contribution < 1.29 is 0 Å². The first-order chi connectivity index (χ1) is 10.4. The van der Waals surface area contributed by atoms with Crippen molar-refractivity contribution in [1.29, 1.82) is 0 Å². The number of thiocarbonyl (C=S) groups is 1. The second kappa shape index (κ2) is 9.20. The summed E-state index contributed by atoms with van der Waals surface area (Å²) in [6, 6.07) is 8.35. The number of hydrazone groups is 1. The fourth-order valence-electron chi connectivity index (χ4n) is 1.61. The predicted molar refractivity (Wildman–Crippen MR) is 101 cm³/mol. The molecule has 2 N–H and O–H groups in total. The maximum absolute atomic E-state index is 5.15. The van der Waals surface area contributed by atoms with E-state index in [4.69, 9.17) is 12.2 Å². The van der Waals surface area contributed by atoms with Crippen LogP contribution in [-0.2, 0) is 0 Å². The number of anilines is 1. The average molecular weight is 318 g/mol. The number of rotatable bonds is 6. The molecule has 0 unspecified atom stereocenters. The van der Waals surface area contributed by atoms with Gasteiger partial charge in [0.15, 0.2) is 5.11 Å². The largest absolute Gasteiger partial charge is 0.378 e. The molecule has 0 aliphatic heterocycles. The van der Waals surface area contributed by atoms with Crippen LogP contribution in [-0.4, -0.2) is 31.5 Å². The van der Waals surface area contributed by atoms with Gasteiger partial charge in [0.2, 0.25) is 0 Å². The molecule has 120 valence electrons. The minimum absolute atomic E-state index is 0.551. The molecule has 0 saturated heterocycles. The van der Waals surface area contributed by atoms with Crippen LogP contribution in [0.5, 0.6) is 0 Å². The summed E-state index contributed by atoms with van der Waals surface area (Å²) >= 11 is 5.15. The Balaban J connectivity index is 2.50. The van der Waals surface area contributed by atoms with E-state index in [2.05, 4.69) is 58.9 Å². The lowest BCUT2D eigenvalue weighted by atomic mass is 10.2. The van der Waals surface area contributed by atoms with Gasteiger partial charge < -0.3 is 10.2 Å². The molecule has 0 aliphatic rings. The predicted octanol–water partition coefficient (Wildman–Crippen LogP) is 3.26. The standard InChI is InChI=1S/C17H26N4S/c1-13(2)12-18-17(22)20-19-14(3)6-7-15-8-10-16(11-9-15)21(4)5/h6-11,13H,12H2,1-5H3,(H2,18,20,22). The zero-order chi connectivity index (χ0) is 16.5. The highest BCUT2D eigenvalue weighted by Crippen LogP contribution is 2.13. The summed E-state index contributed by atoms with van der Waals surface area (Å²) in [4.78, 5) is 2.08. The molecule has 0 heterocycles. The van der Waals surface area contributed by atoms with Crippen molar-refractivity contribution in [3.05, 3.63) is 35.9 Å². The monoisotopic (exact) mass is 318 g/mol. The maximum Gasteiger partial charge on any atom is 0.186 e. The van der Waals surface area contributed by atoms with Gasteiger partial charge in [0.25, 0.3) is 0 Å². The Labute approximate surface area is 139 Å². The van der Waals surface area contributed by atoms with Crippen LogP contribution in [0.2, 0.25) is 0 Å². The van der Waals surface area contributed by atoms with E-state index in [-0.39, 0.29) is 0 Å². The molecule has 0 fully saturated rings. The molecule has 0 aromatic heterocycles. The number of hydrogen-bond donors (Lipinski definition) is 2. The molecule has 0 saturated carbocycles. The lowest BCUT2D eigenvalue weighted by Crippen LogP contribution is -2.34. The van der Waals surface area contributed by atoms with Gasteiger partial charge in [-0.2, -0.15) is 5.10 Å². The summed E-state index contributed by atoms with van der Waals surface area (Å²) in [5.74, 6) is 0.551. The molecule has 4 nitrogen and oxygen atoms in total. The molecule has 5 heteroatoms. The highest BCUT2D eigenvalue weighted by Gasteiger charge is 1.96. The van der Waals surface area contributed by atoms with E-state index < -0.39 is 0 Å². The van der Waals surface area contributed by atoms with Crippen LogP contribution in [0.25, 0.3) is 6.08 Å². The lowest BCUT2D eigenvalue weighted by Gasteiger charge is -2.11. The SMILES string of the molecule is CC(C=Cc1ccc(N(C)C)cc1)=NNC(=S)NCC(C)C. The zero-order valence-electron chi connectivity index (χ0n) is 14.1. The highest BCUT2D eigenvalue weighted by molar-refractivity contribution is 7.80. The van der Waals surface area contributed by atoms with Gasteiger partial charge >= 0.3 is 0 Å². The van der Waals surface area contributed by atoms with Crippen molar-refractivity contribution in [3.63, 3.8) is 0 Å². The molecule has 1 aromatic rings. The number of hydrogen-bond acceptors (Lipinski definition) is 3. The zero-order valence-corrected chi connectivity index (χ0v) is 14.9. The normalized spacial score (nSPS) is 11.8. The summed E-state index contributed by atoms with van der Waals surface area (Å²) < 4.78 is 0. The number of nitrogens with one attached hydrogen (secondary N) is 2. The first-order valence-corrected chi connectivity index (χ1v) is 7.83. The van der Waals surface area contributed by atoms with E-state index >= 15 is 0 Å². The van der Waals surface area contributed by atoms with Gasteiger partial charge in [-0.25, -0.2) is 0 Å². The Kier molecular flexibility index (Phi) is 7.60. The fraction of sp³-hybridized carbons (Fsp3) is 0.412. The third kappa shape index (κ3) is 7.22. The number of benzene rings is 1. The second-order valence-corrected chi connectivity index (χ2v) is 6.20. The van der Waals surface area contributed by atoms with Crippen LogP contribution in [0.1, 0.15) is 26.3 Å². The Morgan fingerprint density at radius 2 is 1.91 bits per heavy atom. The summed E-state index contributed by atoms with van der Waals surface area (Å²) in [5, 5.41) is 7.90. The van der Waals surface area contributed by atoms with Crippen molar-refractivity contribution in [3.8, 4) is 0 Å². The van der Waals surface area contributed by atoms with Gasteiger partial charge in [-0.15, -0.1) is 0 Å². The van der Waals surface area contributed by atoms with E-state index in [0.717, 1.165) is 17.8 Å². The Morgan fingerprint density at radius 3 is 2.45 bits per heavy atom. The van der Waals surface area contributed by atoms with Crippen LogP contribution in [0.4, 0.5) is 5.69 Å². The minimum Gasteiger partial charge on any atom is -0.378 e. The Bertz CT molecular complexity index is 530. The molecule has 1 rings (SSSR count). The van der Waals surface area contributed by atoms with Crippen LogP contribution in [0.15, 0.2) is 35.4 Å². The van der Waals surface area contributed by atoms with Gasteiger partial charge in [-0.3, -0.25) is 5.43 Å². The third-order valence-electron chi connectivity index (χ3n) is 2.93. The molecular weight excluding hydrogens is 292 g/mol. The van der Waals surface area contributed by atoms with Crippen molar-refractivity contribution in [2.75, 3.05) is 25.5 Å². The lowest BCUT2D eigenvalue weighted by molar-refractivity contribution is 0.621. The quantitative estimate of drug-likeness (QED) is 0.480. The minimum atomic E-state index is 0.551. The van der Waals surface area contributed by atoms with Crippen molar-refractivity contribution in [2.24, 2.45) is 11.0 Å². The maximum atomic E-state index is 5.15. The topological polar surface area (TPSA) is 39.7 Å². The molecule has 1 aromatic carbocycles. The van der Waals surface area contributed by atoms with Gasteiger partial charge in [-0.1, -0.05) is 32.1 Å². The summed E-state index contributed by atoms with van der Waals surface area (Å²) in [6.45, 7) is 7.04. The van der Waals surface area contributed by atoms with Crippen molar-refractivity contribution in [2.45, 2.75) is 20.8 Å². The third-order valence-corrected chi connectivity index (χ3v) is 3.17. The number of nitrogens with zero attached hydrogens (tertiary/aromatic N) is 2. The average Bonchev–Trinajstić information content (AvgIpc) is 2.49.